The third-order valence-electron chi connectivity index (χ3n) is 2.31. The van der Waals surface area contributed by atoms with Crippen LogP contribution in [0, 0.1) is 0 Å². The molecule has 1 heterocycles. The van der Waals surface area contributed by atoms with Gasteiger partial charge in [0, 0.05) is 0 Å². The van der Waals surface area contributed by atoms with Gasteiger partial charge in [-0.25, -0.2) is 0 Å². The lowest BCUT2D eigenvalue weighted by Crippen LogP contribution is -2.16. The first-order valence-electron chi connectivity index (χ1n) is 5.27. The molecule has 0 aliphatic heterocycles. The zero-order chi connectivity index (χ0) is 13.0. The van der Waals surface area contributed by atoms with Crippen LogP contribution in [0.3, 0.4) is 0 Å². The lowest BCUT2D eigenvalue weighted by molar-refractivity contribution is 0.0886. The van der Waals surface area contributed by atoms with Crippen molar-refractivity contribution in [2.45, 2.75) is 0 Å². The molecule has 18 heavy (non-hydrogen) atoms. The number of nitrogens with two attached hydrogens (primary N) is 1. The molecule has 2 N–H and O–H groups in total. The Morgan fingerprint density at radius 3 is 2.61 bits per heavy atom. The van der Waals surface area contributed by atoms with Gasteiger partial charge < -0.3 is 14.9 Å². The molecule has 0 spiro atoms. The monoisotopic (exact) mass is 245 g/mol. The summed E-state index contributed by atoms with van der Waals surface area (Å²) in [6.45, 7) is -0.211. The summed E-state index contributed by atoms with van der Waals surface area (Å²) in [7, 11) is 0. The minimum Gasteiger partial charge on any atom is -0.484 e. The first kappa shape index (κ1) is 11.9. The number of carbonyl (C=O) groups excluding carboxylic acids is 2. The van der Waals surface area contributed by atoms with Crippen LogP contribution in [0.1, 0.15) is 20.9 Å². The molecule has 0 saturated heterocycles. The van der Waals surface area contributed by atoms with Gasteiger partial charge in [0.1, 0.15) is 5.75 Å². The van der Waals surface area contributed by atoms with Gasteiger partial charge in [0.05, 0.1) is 11.8 Å². The zero-order valence-electron chi connectivity index (χ0n) is 9.46. The van der Waals surface area contributed by atoms with Crippen LogP contribution in [-0.2, 0) is 0 Å². The van der Waals surface area contributed by atoms with Crippen molar-refractivity contribution in [2.75, 3.05) is 6.61 Å². The topological polar surface area (TPSA) is 82.5 Å². The van der Waals surface area contributed by atoms with E-state index >= 15 is 0 Å². The number of amides is 1. The molecule has 0 saturated carbocycles. The maximum absolute atomic E-state index is 11.6. The van der Waals surface area contributed by atoms with Gasteiger partial charge in [-0.2, -0.15) is 0 Å². The van der Waals surface area contributed by atoms with E-state index in [0.717, 1.165) is 0 Å². The quantitative estimate of drug-likeness (QED) is 0.812. The number of Topliss-reactive ketones (excluding diaryl/α,β-unsaturated/α-hetero) is 1. The normalized spacial score (nSPS) is 10.0. The van der Waals surface area contributed by atoms with Gasteiger partial charge in [-0.1, -0.05) is 12.1 Å². The average molecular weight is 245 g/mol. The first-order valence-corrected chi connectivity index (χ1v) is 5.27. The molecule has 0 aliphatic carbocycles. The Labute approximate surface area is 103 Å². The average Bonchev–Trinajstić information content (AvgIpc) is 2.90. The molecule has 0 atom stereocenters. The number of primary amides is 1. The number of rotatable bonds is 5. The highest BCUT2D eigenvalue weighted by atomic mass is 16.5. The van der Waals surface area contributed by atoms with Gasteiger partial charge >= 0.3 is 0 Å². The predicted molar refractivity (Wildman–Crippen MR) is 63.5 cm³/mol. The highest BCUT2D eigenvalue weighted by Crippen LogP contribution is 2.17. The molecule has 1 aromatic carbocycles. The van der Waals surface area contributed by atoms with Crippen molar-refractivity contribution < 1.29 is 18.7 Å². The molecule has 0 aliphatic rings. The van der Waals surface area contributed by atoms with Crippen LogP contribution in [0.2, 0.25) is 0 Å². The second-order valence-corrected chi connectivity index (χ2v) is 3.55. The predicted octanol–water partition coefficient (Wildman–Crippen LogP) is 1.64. The fourth-order valence-corrected chi connectivity index (χ4v) is 1.45. The number of benzene rings is 1. The maximum Gasteiger partial charge on any atom is 0.252 e. The lowest BCUT2D eigenvalue weighted by atomic mass is 10.2. The second-order valence-electron chi connectivity index (χ2n) is 3.55. The van der Waals surface area contributed by atoms with E-state index in [-0.39, 0.29) is 29.5 Å². The van der Waals surface area contributed by atoms with Crippen molar-refractivity contribution in [3.05, 3.63) is 54.0 Å². The Bertz CT molecular complexity index is 560. The number of carbonyl (C=O) groups is 2. The van der Waals surface area contributed by atoms with Crippen molar-refractivity contribution >= 4 is 11.7 Å². The van der Waals surface area contributed by atoms with Gasteiger partial charge in [0.15, 0.2) is 12.4 Å². The molecule has 0 bridgehead atoms. The van der Waals surface area contributed by atoms with E-state index in [1.54, 1.807) is 30.3 Å². The van der Waals surface area contributed by atoms with Crippen LogP contribution in [0.15, 0.2) is 47.1 Å². The van der Waals surface area contributed by atoms with E-state index in [1.807, 2.05) is 0 Å². The standard InChI is InChI=1S/C13H11NO4/c14-13(16)9-4-1-2-5-11(9)18-8-10(15)12-6-3-7-17-12/h1-7H,8H2,(H2,14,16). The van der Waals surface area contributed by atoms with Crippen molar-refractivity contribution in [3.63, 3.8) is 0 Å². The largest absolute Gasteiger partial charge is 0.484 e. The number of furan rings is 1. The molecule has 2 rings (SSSR count). The lowest BCUT2D eigenvalue weighted by Gasteiger charge is -2.07. The van der Waals surface area contributed by atoms with E-state index in [2.05, 4.69) is 0 Å². The van der Waals surface area contributed by atoms with E-state index in [4.69, 9.17) is 14.9 Å². The fourth-order valence-electron chi connectivity index (χ4n) is 1.45. The minimum absolute atomic E-state index is 0.211. The Morgan fingerprint density at radius 2 is 1.94 bits per heavy atom. The van der Waals surface area contributed by atoms with Crippen LogP contribution in [0.5, 0.6) is 5.75 Å². The Morgan fingerprint density at radius 1 is 1.17 bits per heavy atom. The molecule has 0 radical (unpaired) electrons. The summed E-state index contributed by atoms with van der Waals surface area (Å²) in [6, 6.07) is 9.64. The van der Waals surface area contributed by atoms with Crippen LogP contribution < -0.4 is 10.5 Å². The number of ether oxygens (including phenoxy) is 1. The van der Waals surface area contributed by atoms with Crippen LogP contribution in [0.25, 0.3) is 0 Å². The highest BCUT2D eigenvalue weighted by molar-refractivity contribution is 5.96. The summed E-state index contributed by atoms with van der Waals surface area (Å²) in [5, 5.41) is 0. The van der Waals surface area contributed by atoms with Gasteiger partial charge in [0.25, 0.3) is 5.91 Å². The summed E-state index contributed by atoms with van der Waals surface area (Å²) in [5.74, 6) is -0.410. The first-order chi connectivity index (χ1) is 8.68. The smallest absolute Gasteiger partial charge is 0.252 e. The van der Waals surface area contributed by atoms with Gasteiger partial charge in [-0.15, -0.1) is 0 Å². The number of para-hydroxylation sites is 1. The van der Waals surface area contributed by atoms with Crippen LogP contribution in [-0.4, -0.2) is 18.3 Å². The van der Waals surface area contributed by atoms with E-state index in [1.165, 1.54) is 12.3 Å². The van der Waals surface area contributed by atoms with Crippen LogP contribution in [0.4, 0.5) is 0 Å². The SMILES string of the molecule is NC(=O)c1ccccc1OCC(=O)c1ccco1. The summed E-state index contributed by atoms with van der Waals surface area (Å²) >= 11 is 0. The van der Waals surface area contributed by atoms with Gasteiger partial charge in [0.2, 0.25) is 5.78 Å². The molecule has 2 aromatic rings. The van der Waals surface area contributed by atoms with Crippen molar-refractivity contribution in [1.82, 2.24) is 0 Å². The van der Waals surface area contributed by atoms with E-state index in [9.17, 15) is 9.59 Å². The molecule has 1 aromatic heterocycles. The van der Waals surface area contributed by atoms with E-state index < -0.39 is 5.91 Å². The Balaban J connectivity index is 2.07. The number of hydrogen-bond acceptors (Lipinski definition) is 4. The Hall–Kier alpha value is -2.56. The van der Waals surface area contributed by atoms with Gasteiger partial charge in [-0.3, -0.25) is 9.59 Å². The highest BCUT2D eigenvalue weighted by Gasteiger charge is 2.12. The van der Waals surface area contributed by atoms with Gasteiger partial charge in [-0.05, 0) is 24.3 Å². The second kappa shape index (κ2) is 5.18. The fraction of sp³-hybridized carbons (Fsp3) is 0.0769. The molecule has 0 fully saturated rings. The van der Waals surface area contributed by atoms with Crippen molar-refractivity contribution in [2.24, 2.45) is 5.73 Å². The van der Waals surface area contributed by atoms with Crippen LogP contribution >= 0.6 is 0 Å². The van der Waals surface area contributed by atoms with Crippen molar-refractivity contribution in [3.8, 4) is 5.75 Å². The molecule has 1 amide bonds. The number of hydrogen-bond donors (Lipinski definition) is 1. The molecule has 0 unspecified atom stereocenters. The molecule has 5 nitrogen and oxygen atoms in total. The summed E-state index contributed by atoms with van der Waals surface area (Å²) in [4.78, 5) is 22.8. The van der Waals surface area contributed by atoms with Crippen molar-refractivity contribution in [1.29, 1.82) is 0 Å². The van der Waals surface area contributed by atoms with E-state index in [0.29, 0.717) is 0 Å². The summed E-state index contributed by atoms with van der Waals surface area (Å²) in [5.41, 5.74) is 5.43. The zero-order valence-corrected chi connectivity index (χ0v) is 9.46. The molecule has 92 valence electrons. The molecular weight excluding hydrogens is 234 g/mol. The summed E-state index contributed by atoms with van der Waals surface area (Å²) in [6.07, 6.45) is 1.41. The maximum atomic E-state index is 11.6. The molecular formula is C13H11NO4. The minimum atomic E-state index is -0.601. The summed E-state index contributed by atoms with van der Waals surface area (Å²) < 4.78 is 10.2. The third-order valence-corrected chi connectivity index (χ3v) is 2.31. The third kappa shape index (κ3) is 2.57. The number of ketones is 1. The molecule has 5 heteroatoms. The Kier molecular flexibility index (Phi) is 3.43.